The van der Waals surface area contributed by atoms with Crippen molar-refractivity contribution in [3.63, 3.8) is 0 Å². The third-order valence-corrected chi connectivity index (χ3v) is 5.79. The predicted octanol–water partition coefficient (Wildman–Crippen LogP) is 5.00. The van der Waals surface area contributed by atoms with E-state index < -0.39 is 5.97 Å². The van der Waals surface area contributed by atoms with Gasteiger partial charge >= 0.3 is 5.97 Å². The Balaban J connectivity index is 1.89. The number of aromatic nitrogens is 2. The molecule has 0 saturated heterocycles. The summed E-state index contributed by atoms with van der Waals surface area (Å²) in [5.41, 5.74) is 1.05. The van der Waals surface area contributed by atoms with Gasteiger partial charge in [-0.15, -0.1) is 11.3 Å². The van der Waals surface area contributed by atoms with E-state index in [4.69, 9.17) is 21.1 Å². The van der Waals surface area contributed by atoms with Crippen molar-refractivity contribution >= 4 is 50.2 Å². The van der Waals surface area contributed by atoms with Gasteiger partial charge in [0.05, 0.1) is 24.1 Å². The minimum absolute atomic E-state index is 0.241. The number of methoxy groups -OCH3 is 1. The summed E-state index contributed by atoms with van der Waals surface area (Å²) < 4.78 is 10.4. The minimum atomic E-state index is -0.491. The number of nitrogens with zero attached hydrogens (tertiary/aromatic N) is 1. The number of unbranched alkanes of at least 4 members (excludes halogenated alkanes) is 1. The zero-order valence-electron chi connectivity index (χ0n) is 16.4. The average molecular weight is 433 g/mol. The van der Waals surface area contributed by atoms with E-state index in [1.807, 2.05) is 24.3 Å². The molecule has 3 rings (SSSR count). The van der Waals surface area contributed by atoms with Crippen LogP contribution < -0.4 is 10.3 Å². The number of halogens is 1. The molecule has 1 aromatic carbocycles. The third kappa shape index (κ3) is 4.68. The summed E-state index contributed by atoms with van der Waals surface area (Å²) in [6, 6.07) is 7.50. The largest absolute Gasteiger partial charge is 0.494 e. The number of ether oxygens (including phenoxy) is 2. The Morgan fingerprint density at radius 2 is 2.03 bits per heavy atom. The molecule has 0 aliphatic rings. The topological polar surface area (TPSA) is 81.3 Å². The second-order valence-electron chi connectivity index (χ2n) is 6.41. The van der Waals surface area contributed by atoms with Crippen LogP contribution in [0.25, 0.3) is 21.3 Å². The first-order valence-electron chi connectivity index (χ1n) is 9.16. The van der Waals surface area contributed by atoms with Crippen LogP contribution in [-0.2, 0) is 4.74 Å². The number of thiophene rings is 1. The van der Waals surface area contributed by atoms with Crippen molar-refractivity contribution in [3.8, 4) is 5.75 Å². The summed E-state index contributed by atoms with van der Waals surface area (Å²) in [6.07, 6.45) is 3.80. The van der Waals surface area contributed by atoms with Crippen LogP contribution in [0.1, 0.15) is 46.4 Å². The third-order valence-electron chi connectivity index (χ3n) is 4.34. The number of fused-ring (bicyclic) bond motifs is 1. The molecular formula is C21H21ClN2O4S. The Morgan fingerprint density at radius 1 is 1.31 bits per heavy atom. The lowest BCUT2D eigenvalue weighted by atomic mass is 10.2. The summed E-state index contributed by atoms with van der Waals surface area (Å²) >= 11 is 7.51. The molecule has 1 N–H and O–H groups in total. The zero-order chi connectivity index (χ0) is 21.0. The Hall–Kier alpha value is -2.64. The lowest BCUT2D eigenvalue weighted by Crippen LogP contribution is -2.10. The molecular weight excluding hydrogens is 412 g/mol. The summed E-state index contributed by atoms with van der Waals surface area (Å²) in [6.45, 7) is 4.50. The van der Waals surface area contributed by atoms with Gasteiger partial charge in [0.2, 0.25) is 0 Å². The molecule has 29 heavy (non-hydrogen) atoms. The highest BCUT2D eigenvalue weighted by Gasteiger charge is 2.20. The average Bonchev–Trinajstić information content (AvgIpc) is 3.05. The SMILES string of the molecule is CCCCOc1ccc(/C=C(\Cl)c2nc3sc(C(=O)OC)c(C)c3c(=O)[nH]2)cc1. The van der Waals surface area contributed by atoms with Crippen LogP contribution in [0.15, 0.2) is 29.1 Å². The van der Waals surface area contributed by atoms with Crippen LogP contribution in [0.5, 0.6) is 5.75 Å². The second-order valence-corrected chi connectivity index (χ2v) is 7.81. The molecule has 0 atom stereocenters. The number of aromatic amines is 1. The molecule has 0 aliphatic carbocycles. The number of carbonyl (C=O) groups is 1. The van der Waals surface area contributed by atoms with Gasteiger partial charge in [-0.1, -0.05) is 37.1 Å². The molecule has 0 bridgehead atoms. The lowest BCUT2D eigenvalue weighted by molar-refractivity contribution is 0.0605. The van der Waals surface area contributed by atoms with Crippen molar-refractivity contribution in [2.75, 3.05) is 13.7 Å². The quantitative estimate of drug-likeness (QED) is 0.420. The zero-order valence-corrected chi connectivity index (χ0v) is 17.9. The van der Waals surface area contributed by atoms with Gasteiger partial charge in [-0.3, -0.25) is 4.79 Å². The fourth-order valence-electron chi connectivity index (χ4n) is 2.75. The van der Waals surface area contributed by atoms with E-state index >= 15 is 0 Å². The number of hydrogen-bond acceptors (Lipinski definition) is 6. The fourth-order valence-corrected chi connectivity index (χ4v) is 4.07. The Kier molecular flexibility index (Phi) is 6.71. The van der Waals surface area contributed by atoms with Crippen molar-refractivity contribution < 1.29 is 14.3 Å². The van der Waals surface area contributed by atoms with Gasteiger partial charge in [-0.25, -0.2) is 9.78 Å². The van der Waals surface area contributed by atoms with E-state index in [9.17, 15) is 9.59 Å². The number of esters is 1. The van der Waals surface area contributed by atoms with E-state index in [0.29, 0.717) is 27.3 Å². The van der Waals surface area contributed by atoms with E-state index in [0.717, 1.165) is 35.5 Å². The smallest absolute Gasteiger partial charge is 0.348 e. The number of hydrogen-bond donors (Lipinski definition) is 1. The normalized spacial score (nSPS) is 11.7. The van der Waals surface area contributed by atoms with Gasteiger partial charge in [-0.05, 0) is 42.7 Å². The van der Waals surface area contributed by atoms with Crippen molar-refractivity contribution in [2.24, 2.45) is 0 Å². The van der Waals surface area contributed by atoms with Crippen LogP contribution in [0.3, 0.4) is 0 Å². The molecule has 0 aliphatic heterocycles. The molecule has 6 nitrogen and oxygen atoms in total. The molecule has 0 amide bonds. The molecule has 0 radical (unpaired) electrons. The first-order valence-corrected chi connectivity index (χ1v) is 10.4. The van der Waals surface area contributed by atoms with Gasteiger partial charge in [-0.2, -0.15) is 0 Å². The number of nitrogens with one attached hydrogen (secondary N) is 1. The Bertz CT molecular complexity index is 1120. The van der Waals surface area contributed by atoms with Gasteiger partial charge in [0, 0.05) is 0 Å². The van der Waals surface area contributed by atoms with Gasteiger partial charge in [0.15, 0.2) is 5.82 Å². The molecule has 152 valence electrons. The number of benzene rings is 1. The predicted molar refractivity (Wildman–Crippen MR) is 117 cm³/mol. The molecule has 0 saturated carbocycles. The monoisotopic (exact) mass is 432 g/mol. The van der Waals surface area contributed by atoms with Crippen molar-refractivity contribution in [1.29, 1.82) is 0 Å². The van der Waals surface area contributed by atoms with Crippen molar-refractivity contribution in [3.05, 3.63) is 56.4 Å². The van der Waals surface area contributed by atoms with E-state index in [2.05, 4.69) is 16.9 Å². The standard InChI is InChI=1S/C21H21ClN2O4S/c1-4-5-10-28-14-8-6-13(7-9-14)11-15(22)18-23-19(25)16-12(2)17(21(26)27-3)29-20(16)24-18/h6-9,11H,4-5,10H2,1-3H3,(H,23,24,25)/b15-11-. The summed E-state index contributed by atoms with van der Waals surface area (Å²) in [4.78, 5) is 32.3. The van der Waals surface area contributed by atoms with Gasteiger partial charge in [0.25, 0.3) is 5.56 Å². The maximum atomic E-state index is 12.5. The molecule has 2 aromatic heterocycles. The molecule has 2 heterocycles. The van der Waals surface area contributed by atoms with Crippen LogP contribution in [0, 0.1) is 6.92 Å². The van der Waals surface area contributed by atoms with Crippen molar-refractivity contribution in [1.82, 2.24) is 9.97 Å². The first kappa shape index (κ1) is 21.1. The maximum absolute atomic E-state index is 12.5. The highest BCUT2D eigenvalue weighted by molar-refractivity contribution is 7.20. The summed E-state index contributed by atoms with van der Waals surface area (Å²) in [7, 11) is 1.30. The Labute approximate surface area is 177 Å². The molecule has 0 spiro atoms. The summed E-state index contributed by atoms with van der Waals surface area (Å²) in [5.74, 6) is 0.545. The maximum Gasteiger partial charge on any atom is 0.348 e. The van der Waals surface area contributed by atoms with Crippen LogP contribution in [-0.4, -0.2) is 29.7 Å². The molecule has 8 heteroatoms. The highest BCUT2D eigenvalue weighted by atomic mass is 35.5. The summed E-state index contributed by atoms with van der Waals surface area (Å²) in [5, 5.41) is 0.659. The molecule has 0 unspecified atom stereocenters. The second kappa shape index (κ2) is 9.24. The van der Waals surface area contributed by atoms with E-state index in [-0.39, 0.29) is 16.4 Å². The van der Waals surface area contributed by atoms with Crippen molar-refractivity contribution in [2.45, 2.75) is 26.7 Å². The van der Waals surface area contributed by atoms with Gasteiger partial charge in [0.1, 0.15) is 15.5 Å². The van der Waals surface area contributed by atoms with Crippen LogP contribution in [0.2, 0.25) is 0 Å². The lowest BCUT2D eigenvalue weighted by Gasteiger charge is -2.05. The molecule has 3 aromatic rings. The number of aryl methyl sites for hydroxylation is 1. The van der Waals surface area contributed by atoms with Gasteiger partial charge < -0.3 is 14.5 Å². The fraction of sp³-hybridized carbons (Fsp3) is 0.286. The number of H-pyrrole nitrogens is 1. The highest BCUT2D eigenvalue weighted by Crippen LogP contribution is 2.29. The number of carbonyl (C=O) groups excluding carboxylic acids is 1. The van der Waals surface area contributed by atoms with Crippen LogP contribution >= 0.6 is 22.9 Å². The van der Waals surface area contributed by atoms with Crippen LogP contribution in [0.4, 0.5) is 0 Å². The van der Waals surface area contributed by atoms with E-state index in [1.165, 1.54) is 7.11 Å². The first-order chi connectivity index (χ1) is 13.9. The van der Waals surface area contributed by atoms with E-state index in [1.54, 1.807) is 13.0 Å². The Morgan fingerprint density at radius 3 is 2.69 bits per heavy atom. The minimum Gasteiger partial charge on any atom is -0.494 e. The molecule has 0 fully saturated rings. The number of rotatable bonds is 7.